The van der Waals surface area contributed by atoms with E-state index in [0.29, 0.717) is 11.3 Å². The Morgan fingerprint density at radius 1 is 0.875 bits per heavy atom. The molecule has 2 aliphatic heterocycles. The molecule has 0 amide bonds. The third-order valence-electron chi connectivity index (χ3n) is 3.92. The number of nitrogens with zero attached hydrogens (tertiary/aromatic N) is 1. The Morgan fingerprint density at radius 2 is 1.58 bits per heavy atom. The summed E-state index contributed by atoms with van der Waals surface area (Å²) in [6.45, 7) is 0. The van der Waals surface area contributed by atoms with E-state index in [1.165, 1.54) is 0 Å². The van der Waals surface area contributed by atoms with Crippen LogP contribution in [0.1, 0.15) is 5.56 Å². The van der Waals surface area contributed by atoms with Crippen LogP contribution in [0.25, 0.3) is 34.7 Å². The Balaban J connectivity index is 1.74. The quantitative estimate of drug-likeness (QED) is 0.542. The minimum atomic E-state index is -0.305. The molecule has 0 aliphatic carbocycles. The van der Waals surface area contributed by atoms with Gasteiger partial charge in [-0.25, -0.2) is 4.79 Å². The number of pyridine rings is 1. The molecule has 0 aromatic heterocycles. The second-order valence-electron chi connectivity index (χ2n) is 5.53. The Kier molecular flexibility index (Phi) is 3.60. The maximum absolute atomic E-state index is 12.2. The first-order valence-electron chi connectivity index (χ1n) is 7.74. The molecule has 3 heteroatoms. The van der Waals surface area contributed by atoms with E-state index in [1.807, 2.05) is 96.0 Å². The summed E-state index contributed by atoms with van der Waals surface area (Å²) in [6, 6.07) is 21.6. The van der Waals surface area contributed by atoms with Gasteiger partial charge in [-0.2, -0.15) is 0 Å². The predicted molar refractivity (Wildman–Crippen MR) is 96.7 cm³/mol. The van der Waals surface area contributed by atoms with Gasteiger partial charge in [-0.15, -0.1) is 0 Å². The highest BCUT2D eigenvalue weighted by Gasteiger charge is 2.18. The highest BCUT2D eigenvalue weighted by atomic mass is 16.4. The molecule has 0 bridgehead atoms. The van der Waals surface area contributed by atoms with E-state index in [0.717, 1.165) is 16.7 Å². The van der Waals surface area contributed by atoms with Crippen molar-refractivity contribution in [3.05, 3.63) is 95.1 Å². The maximum atomic E-state index is 12.2. The minimum Gasteiger partial charge on any atom is -0.421 e. The molecule has 3 nitrogen and oxygen atoms in total. The second kappa shape index (κ2) is 6.05. The molecule has 116 valence electrons. The summed E-state index contributed by atoms with van der Waals surface area (Å²) < 4.78 is 7.32. The van der Waals surface area contributed by atoms with Crippen molar-refractivity contribution in [2.24, 2.45) is 0 Å². The van der Waals surface area contributed by atoms with Crippen LogP contribution in [-0.4, -0.2) is 4.57 Å². The van der Waals surface area contributed by atoms with Crippen molar-refractivity contribution in [2.45, 2.75) is 0 Å². The topological polar surface area (TPSA) is 35.1 Å². The van der Waals surface area contributed by atoms with Crippen LogP contribution in [0.2, 0.25) is 0 Å². The monoisotopic (exact) mass is 313 g/mol. The van der Waals surface area contributed by atoms with Gasteiger partial charge in [0.05, 0.1) is 11.8 Å². The predicted octanol–water partition coefficient (Wildman–Crippen LogP) is 4.84. The fourth-order valence-corrected chi connectivity index (χ4v) is 2.75. The molecule has 0 fully saturated rings. The zero-order valence-electron chi connectivity index (χ0n) is 12.9. The maximum Gasteiger partial charge on any atom is 0.344 e. The lowest BCUT2D eigenvalue weighted by Crippen LogP contribution is -1.95. The summed E-state index contributed by atoms with van der Waals surface area (Å²) in [5, 5.41) is 0. The molecular formula is C21H15NO2. The van der Waals surface area contributed by atoms with Gasteiger partial charge < -0.3 is 8.98 Å². The van der Waals surface area contributed by atoms with Crippen LogP contribution in [-0.2, 0) is 0 Å². The van der Waals surface area contributed by atoms with Crippen LogP contribution in [0.4, 0.5) is 0 Å². The number of fused-ring (bicyclic) bond motifs is 1. The van der Waals surface area contributed by atoms with Crippen LogP contribution in [0.3, 0.4) is 0 Å². The zero-order valence-corrected chi connectivity index (χ0v) is 12.9. The Morgan fingerprint density at radius 3 is 2.33 bits per heavy atom. The molecule has 0 radical (unpaired) electrons. The van der Waals surface area contributed by atoms with Gasteiger partial charge in [0.25, 0.3) is 0 Å². The molecule has 0 atom stereocenters. The van der Waals surface area contributed by atoms with Crippen LogP contribution >= 0.6 is 0 Å². The molecule has 0 spiro atoms. The van der Waals surface area contributed by atoms with Gasteiger partial charge in [0.2, 0.25) is 0 Å². The minimum absolute atomic E-state index is 0.305. The first kappa shape index (κ1) is 14.3. The molecule has 0 N–H and O–H groups in total. The largest absolute Gasteiger partial charge is 0.421 e. The van der Waals surface area contributed by atoms with Crippen LogP contribution < -0.4 is 5.63 Å². The average Bonchev–Trinajstić information content (AvgIpc) is 2.96. The molecule has 2 heterocycles. The zero-order chi connectivity index (χ0) is 16.4. The number of hydrogen-bond donors (Lipinski definition) is 0. The molecule has 0 saturated carbocycles. The smallest absolute Gasteiger partial charge is 0.344 e. The van der Waals surface area contributed by atoms with Crippen molar-refractivity contribution in [3.8, 4) is 22.5 Å². The molecule has 4 rings (SSSR count). The van der Waals surface area contributed by atoms with Crippen molar-refractivity contribution in [3.63, 3.8) is 0 Å². The SMILES string of the molecule is O=c1oc2cn(/C=C/c3ccccc3)ccc-2c1-c1ccccc1. The highest BCUT2D eigenvalue weighted by molar-refractivity contribution is 5.81. The van der Waals surface area contributed by atoms with Crippen molar-refractivity contribution < 1.29 is 4.42 Å². The molecule has 2 aromatic rings. The van der Waals surface area contributed by atoms with Gasteiger partial charge in [-0.3, -0.25) is 0 Å². The van der Waals surface area contributed by atoms with Crippen LogP contribution in [0.15, 0.2) is 88.3 Å². The average molecular weight is 313 g/mol. The normalized spacial score (nSPS) is 11.3. The summed E-state index contributed by atoms with van der Waals surface area (Å²) in [5.41, 5.74) is 3.12. The van der Waals surface area contributed by atoms with Crippen molar-refractivity contribution in [2.75, 3.05) is 0 Å². The Hall–Kier alpha value is -3.33. The number of furan rings is 1. The number of aromatic nitrogens is 1. The van der Waals surface area contributed by atoms with Gasteiger partial charge in [-0.05, 0) is 23.3 Å². The molecular weight excluding hydrogens is 298 g/mol. The van der Waals surface area contributed by atoms with E-state index in [-0.39, 0.29) is 5.63 Å². The highest BCUT2D eigenvalue weighted by Crippen LogP contribution is 2.31. The number of rotatable bonds is 3. The van der Waals surface area contributed by atoms with Crippen molar-refractivity contribution in [1.29, 1.82) is 0 Å². The molecule has 24 heavy (non-hydrogen) atoms. The van der Waals surface area contributed by atoms with Gasteiger partial charge in [0.15, 0.2) is 5.76 Å². The van der Waals surface area contributed by atoms with E-state index >= 15 is 0 Å². The second-order valence-corrected chi connectivity index (χ2v) is 5.53. The number of hydrogen-bond acceptors (Lipinski definition) is 2. The van der Waals surface area contributed by atoms with Gasteiger partial charge >= 0.3 is 5.63 Å². The molecule has 0 saturated heterocycles. The summed E-state index contributed by atoms with van der Waals surface area (Å²) in [7, 11) is 0. The molecule has 0 unspecified atom stereocenters. The summed E-state index contributed by atoms with van der Waals surface area (Å²) >= 11 is 0. The fourth-order valence-electron chi connectivity index (χ4n) is 2.75. The third kappa shape index (κ3) is 2.68. The summed E-state index contributed by atoms with van der Waals surface area (Å²) in [4.78, 5) is 12.2. The van der Waals surface area contributed by atoms with Crippen LogP contribution in [0, 0.1) is 0 Å². The standard InChI is InChI=1S/C21H15NO2/c23-21-20(17-9-5-2-6-10-17)18-12-14-22(15-19(18)24-21)13-11-16-7-3-1-4-8-16/h1-15H/b13-11+. The van der Waals surface area contributed by atoms with Crippen LogP contribution in [0.5, 0.6) is 0 Å². The van der Waals surface area contributed by atoms with E-state index in [9.17, 15) is 4.79 Å². The first-order chi connectivity index (χ1) is 11.8. The Labute approximate surface area is 139 Å². The summed E-state index contributed by atoms with van der Waals surface area (Å²) in [6.07, 6.45) is 7.68. The molecule has 2 aliphatic rings. The Bertz CT molecular complexity index is 1010. The fraction of sp³-hybridized carbons (Fsp3) is 0. The number of benzene rings is 2. The van der Waals surface area contributed by atoms with E-state index in [2.05, 4.69) is 0 Å². The molecule has 2 aromatic carbocycles. The third-order valence-corrected chi connectivity index (χ3v) is 3.92. The van der Waals surface area contributed by atoms with E-state index in [1.54, 1.807) is 0 Å². The summed E-state index contributed by atoms with van der Waals surface area (Å²) in [5.74, 6) is 0.582. The first-order valence-corrected chi connectivity index (χ1v) is 7.74. The van der Waals surface area contributed by atoms with E-state index in [4.69, 9.17) is 4.42 Å². The van der Waals surface area contributed by atoms with Crippen molar-refractivity contribution in [1.82, 2.24) is 4.57 Å². The lowest BCUT2D eigenvalue weighted by atomic mass is 10.0. The van der Waals surface area contributed by atoms with Gasteiger partial charge in [-0.1, -0.05) is 60.7 Å². The van der Waals surface area contributed by atoms with Gasteiger partial charge in [0.1, 0.15) is 0 Å². The van der Waals surface area contributed by atoms with E-state index < -0.39 is 0 Å². The lowest BCUT2D eigenvalue weighted by Gasteiger charge is -2.04. The van der Waals surface area contributed by atoms with Gasteiger partial charge in [0, 0.05) is 18.0 Å². The lowest BCUT2D eigenvalue weighted by molar-refractivity contribution is 0.543. The van der Waals surface area contributed by atoms with Crippen molar-refractivity contribution >= 4 is 12.3 Å².